The molecule has 0 aliphatic carbocycles. The number of carbonyl (C=O) groups is 2. The van der Waals surface area contributed by atoms with Crippen LogP contribution < -0.4 is 5.32 Å². The van der Waals surface area contributed by atoms with Gasteiger partial charge < -0.3 is 15.2 Å². The van der Waals surface area contributed by atoms with Crippen LogP contribution in [0.3, 0.4) is 0 Å². The Kier molecular flexibility index (Phi) is 3.17. The molecule has 2 heterocycles. The molecule has 1 aromatic rings. The summed E-state index contributed by atoms with van der Waals surface area (Å²) < 4.78 is 18.6. The van der Waals surface area contributed by atoms with Crippen molar-refractivity contribution in [3.63, 3.8) is 0 Å². The maximum atomic E-state index is 13.1. The van der Waals surface area contributed by atoms with Crippen LogP contribution in [0.1, 0.15) is 12.8 Å². The number of anilines is 1. The first-order valence-electron chi connectivity index (χ1n) is 6.51. The predicted octanol–water partition coefficient (Wildman–Crippen LogP) is 1.64. The number of hydrogen-bond donors (Lipinski definition) is 2. The normalized spacial score (nSPS) is 31.2. The smallest absolute Gasteiger partial charge is 0.310 e. The van der Waals surface area contributed by atoms with Gasteiger partial charge in [0, 0.05) is 5.69 Å². The Labute approximate surface area is 114 Å². The minimum atomic E-state index is -1.02. The monoisotopic (exact) mass is 279 g/mol. The summed E-state index contributed by atoms with van der Waals surface area (Å²) in [5, 5.41) is 11.8. The van der Waals surface area contributed by atoms with E-state index < -0.39 is 29.5 Å². The van der Waals surface area contributed by atoms with Gasteiger partial charge in [-0.2, -0.15) is 0 Å². The molecule has 4 atom stereocenters. The van der Waals surface area contributed by atoms with Crippen molar-refractivity contribution in [1.82, 2.24) is 0 Å². The van der Waals surface area contributed by atoms with Crippen LogP contribution in [0.15, 0.2) is 24.3 Å². The number of carboxylic acids is 1. The van der Waals surface area contributed by atoms with Crippen molar-refractivity contribution < 1.29 is 23.8 Å². The number of rotatable bonds is 3. The lowest BCUT2D eigenvalue weighted by Crippen LogP contribution is -2.40. The fourth-order valence-electron chi connectivity index (χ4n) is 3.12. The number of halogens is 1. The standard InChI is InChI=1S/C14H14FNO4/c15-7-2-1-3-8(6-7)16-13(17)11-9-4-5-10(20-9)12(11)14(18)19/h1-3,6,9-12H,4-5H2,(H,16,17)(H,18,19)/t9-,10+,11+,12-/m1/s1. The van der Waals surface area contributed by atoms with E-state index in [1.54, 1.807) is 6.07 Å². The fourth-order valence-corrected chi connectivity index (χ4v) is 3.12. The maximum absolute atomic E-state index is 13.1. The molecule has 6 heteroatoms. The Morgan fingerprint density at radius 1 is 1.25 bits per heavy atom. The van der Waals surface area contributed by atoms with Crippen molar-refractivity contribution in [1.29, 1.82) is 0 Å². The predicted molar refractivity (Wildman–Crippen MR) is 67.5 cm³/mol. The summed E-state index contributed by atoms with van der Waals surface area (Å²) in [5.41, 5.74) is 0.321. The second-order valence-corrected chi connectivity index (χ2v) is 5.18. The Bertz CT molecular complexity index is 562. The number of amides is 1. The van der Waals surface area contributed by atoms with E-state index in [-0.39, 0.29) is 12.2 Å². The molecule has 2 aliphatic rings. The number of carboxylic acid groups (broad SMARTS) is 1. The number of aliphatic carboxylic acids is 1. The molecular weight excluding hydrogens is 265 g/mol. The Balaban J connectivity index is 1.78. The molecule has 5 nitrogen and oxygen atoms in total. The van der Waals surface area contributed by atoms with Gasteiger partial charge in [0.2, 0.25) is 5.91 Å². The van der Waals surface area contributed by atoms with Crippen molar-refractivity contribution in [2.24, 2.45) is 11.8 Å². The molecule has 3 rings (SSSR count). The summed E-state index contributed by atoms with van der Waals surface area (Å²) in [4.78, 5) is 23.5. The molecule has 0 saturated carbocycles. The molecule has 0 unspecified atom stereocenters. The first kappa shape index (κ1) is 13.1. The van der Waals surface area contributed by atoms with Gasteiger partial charge in [-0.1, -0.05) is 6.07 Å². The van der Waals surface area contributed by atoms with Crippen molar-refractivity contribution in [3.8, 4) is 0 Å². The zero-order valence-electron chi connectivity index (χ0n) is 10.6. The molecule has 106 valence electrons. The van der Waals surface area contributed by atoms with Gasteiger partial charge in [0.05, 0.1) is 24.0 Å². The van der Waals surface area contributed by atoms with Gasteiger partial charge in [0.1, 0.15) is 5.82 Å². The van der Waals surface area contributed by atoms with Crippen LogP contribution in [0.25, 0.3) is 0 Å². The molecule has 2 fully saturated rings. The fraction of sp³-hybridized carbons (Fsp3) is 0.429. The van der Waals surface area contributed by atoms with Crippen LogP contribution >= 0.6 is 0 Å². The van der Waals surface area contributed by atoms with Gasteiger partial charge in [-0.15, -0.1) is 0 Å². The van der Waals surface area contributed by atoms with Gasteiger partial charge in [-0.3, -0.25) is 9.59 Å². The van der Waals surface area contributed by atoms with E-state index in [1.807, 2.05) is 0 Å². The highest BCUT2D eigenvalue weighted by atomic mass is 19.1. The summed E-state index contributed by atoms with van der Waals surface area (Å²) in [7, 11) is 0. The van der Waals surface area contributed by atoms with E-state index in [0.717, 1.165) is 0 Å². The van der Waals surface area contributed by atoms with Crippen molar-refractivity contribution in [3.05, 3.63) is 30.1 Å². The number of fused-ring (bicyclic) bond motifs is 2. The highest BCUT2D eigenvalue weighted by Gasteiger charge is 2.55. The van der Waals surface area contributed by atoms with Crippen molar-refractivity contribution in [2.45, 2.75) is 25.0 Å². The third-order valence-electron chi connectivity index (χ3n) is 3.95. The number of carbonyl (C=O) groups excluding carboxylic acids is 1. The second-order valence-electron chi connectivity index (χ2n) is 5.18. The van der Waals surface area contributed by atoms with Gasteiger partial charge in [0.15, 0.2) is 0 Å². The molecule has 0 aromatic heterocycles. The topological polar surface area (TPSA) is 75.6 Å². The number of hydrogen-bond acceptors (Lipinski definition) is 3. The second kappa shape index (κ2) is 4.86. The number of benzene rings is 1. The van der Waals surface area contributed by atoms with Crippen LogP contribution in [0.4, 0.5) is 10.1 Å². The summed E-state index contributed by atoms with van der Waals surface area (Å²) in [5.74, 6) is -3.43. The largest absolute Gasteiger partial charge is 0.481 e. The van der Waals surface area contributed by atoms with E-state index >= 15 is 0 Å². The maximum Gasteiger partial charge on any atom is 0.310 e. The van der Waals surface area contributed by atoms with E-state index in [1.165, 1.54) is 18.2 Å². The highest BCUT2D eigenvalue weighted by molar-refractivity contribution is 5.96. The van der Waals surface area contributed by atoms with Crippen molar-refractivity contribution >= 4 is 17.6 Å². The third kappa shape index (κ3) is 2.16. The van der Waals surface area contributed by atoms with Gasteiger partial charge >= 0.3 is 5.97 Å². The SMILES string of the molecule is O=C(Nc1cccc(F)c1)[C@@H]1[C@H](C(=O)O)[C@@H]2CC[C@H]1O2. The number of nitrogens with one attached hydrogen (secondary N) is 1. The molecule has 2 aliphatic heterocycles. The molecule has 0 spiro atoms. The molecule has 20 heavy (non-hydrogen) atoms. The average Bonchev–Trinajstić information content (AvgIpc) is 2.98. The Morgan fingerprint density at radius 2 is 1.95 bits per heavy atom. The number of ether oxygens (including phenoxy) is 1. The zero-order valence-corrected chi connectivity index (χ0v) is 10.6. The summed E-state index contributed by atoms with van der Waals surface area (Å²) in [6.45, 7) is 0. The quantitative estimate of drug-likeness (QED) is 0.882. The average molecular weight is 279 g/mol. The molecule has 1 amide bonds. The summed E-state index contributed by atoms with van der Waals surface area (Å²) >= 11 is 0. The lowest BCUT2D eigenvalue weighted by Gasteiger charge is -2.23. The molecule has 2 saturated heterocycles. The van der Waals surface area contributed by atoms with Crippen LogP contribution in [0.5, 0.6) is 0 Å². The minimum Gasteiger partial charge on any atom is -0.481 e. The van der Waals surface area contributed by atoms with Crippen LogP contribution in [0, 0.1) is 17.7 Å². The highest BCUT2D eigenvalue weighted by Crippen LogP contribution is 2.44. The van der Waals surface area contributed by atoms with Crippen LogP contribution in [-0.4, -0.2) is 29.2 Å². The molecule has 2 bridgehead atoms. The van der Waals surface area contributed by atoms with Crippen molar-refractivity contribution in [2.75, 3.05) is 5.32 Å². The van der Waals surface area contributed by atoms with Gasteiger partial charge in [-0.25, -0.2) is 4.39 Å². The van der Waals surface area contributed by atoms with Crippen LogP contribution in [0.2, 0.25) is 0 Å². The van der Waals surface area contributed by atoms with E-state index in [2.05, 4.69) is 5.32 Å². The summed E-state index contributed by atoms with van der Waals surface area (Å²) in [6, 6.07) is 5.51. The lowest BCUT2D eigenvalue weighted by molar-refractivity contribution is -0.147. The lowest BCUT2D eigenvalue weighted by atomic mass is 9.78. The zero-order chi connectivity index (χ0) is 14.3. The Hall–Kier alpha value is -1.95. The molecule has 2 N–H and O–H groups in total. The van der Waals surface area contributed by atoms with E-state index in [4.69, 9.17) is 4.74 Å². The molecule has 0 radical (unpaired) electrons. The molecule has 1 aromatic carbocycles. The first-order valence-corrected chi connectivity index (χ1v) is 6.51. The first-order chi connectivity index (χ1) is 9.56. The Morgan fingerprint density at radius 3 is 2.60 bits per heavy atom. The third-order valence-corrected chi connectivity index (χ3v) is 3.95. The summed E-state index contributed by atoms with van der Waals surface area (Å²) in [6.07, 6.45) is 0.622. The molecular formula is C14H14FNO4. The van der Waals surface area contributed by atoms with Crippen LogP contribution in [-0.2, 0) is 14.3 Å². The van der Waals surface area contributed by atoms with Gasteiger partial charge in [-0.05, 0) is 31.0 Å². The van der Waals surface area contributed by atoms with E-state index in [0.29, 0.717) is 18.5 Å². The van der Waals surface area contributed by atoms with Gasteiger partial charge in [0.25, 0.3) is 0 Å². The van der Waals surface area contributed by atoms with E-state index in [9.17, 15) is 19.1 Å². The minimum absolute atomic E-state index is 0.321.